The molecule has 1 aromatic carbocycles. The fourth-order valence-corrected chi connectivity index (χ4v) is 4.34. The summed E-state index contributed by atoms with van der Waals surface area (Å²) in [5.41, 5.74) is 0.599. The molecule has 0 unspecified atom stereocenters. The van der Waals surface area contributed by atoms with Gasteiger partial charge < -0.3 is 9.94 Å². The van der Waals surface area contributed by atoms with Crippen LogP contribution in [0.25, 0.3) is 28.1 Å². The largest absolute Gasteiger partial charge is 0.618 e. The fourth-order valence-electron chi connectivity index (χ4n) is 4.18. The molecule has 0 saturated heterocycles. The van der Waals surface area contributed by atoms with Crippen LogP contribution in [0.2, 0.25) is 5.02 Å². The Bertz CT molecular complexity index is 1610. The lowest BCUT2D eigenvalue weighted by atomic mass is 10.0. The van der Waals surface area contributed by atoms with Crippen molar-refractivity contribution in [1.29, 1.82) is 0 Å². The van der Waals surface area contributed by atoms with Crippen LogP contribution in [0.3, 0.4) is 0 Å². The van der Waals surface area contributed by atoms with E-state index in [2.05, 4.69) is 30.3 Å². The standard InChI is InChI=1S/C23H17ClF5N9O2/c24-15-2-4-18(37-12-31-33-34-37)20(21(15)25)13-1-3-17(38(39)10-13)16(5-6-40-23(28)29)36-9-14(7-32-36)19-8-30-11-35(19)22(26)27/h1-4,7-12,16,22-23H,5-6H2/t16-/m0/s1. The normalized spacial score (nSPS) is 12.5. The molecule has 4 aromatic heterocycles. The van der Waals surface area contributed by atoms with Gasteiger partial charge in [-0.05, 0) is 28.6 Å². The fraction of sp³-hybridized carbons (Fsp3) is 0.217. The van der Waals surface area contributed by atoms with Crippen molar-refractivity contribution < 1.29 is 31.4 Å². The zero-order chi connectivity index (χ0) is 28.4. The first-order chi connectivity index (χ1) is 19.2. The molecular formula is C23H17ClF5N9O2. The van der Waals surface area contributed by atoms with Crippen molar-refractivity contribution in [3.63, 3.8) is 0 Å². The highest BCUT2D eigenvalue weighted by Gasteiger charge is 2.27. The highest BCUT2D eigenvalue weighted by atomic mass is 35.5. The van der Waals surface area contributed by atoms with Crippen LogP contribution in [0.4, 0.5) is 22.0 Å². The summed E-state index contributed by atoms with van der Waals surface area (Å²) in [6.45, 7) is -6.37. The van der Waals surface area contributed by atoms with Gasteiger partial charge in [-0.1, -0.05) is 11.6 Å². The van der Waals surface area contributed by atoms with Crippen molar-refractivity contribution in [3.05, 3.63) is 83.4 Å². The Balaban J connectivity index is 1.54. The monoisotopic (exact) mass is 581 g/mol. The third-order valence-corrected chi connectivity index (χ3v) is 6.26. The number of halogens is 6. The summed E-state index contributed by atoms with van der Waals surface area (Å²) in [5.74, 6) is -0.823. The number of imidazole rings is 1. The minimum absolute atomic E-state index is 0.0324. The number of hydrogen-bond acceptors (Lipinski definition) is 7. The number of ether oxygens (including phenoxy) is 1. The van der Waals surface area contributed by atoms with Crippen LogP contribution < -0.4 is 4.73 Å². The van der Waals surface area contributed by atoms with E-state index in [1.165, 1.54) is 58.5 Å². The van der Waals surface area contributed by atoms with Crippen LogP contribution in [-0.2, 0) is 4.74 Å². The molecule has 17 heteroatoms. The number of tetrazole rings is 1. The van der Waals surface area contributed by atoms with E-state index in [0.29, 0.717) is 9.30 Å². The molecule has 5 rings (SSSR count). The first-order valence-corrected chi connectivity index (χ1v) is 11.8. The Labute approximate surface area is 226 Å². The van der Waals surface area contributed by atoms with E-state index >= 15 is 4.39 Å². The van der Waals surface area contributed by atoms with Crippen LogP contribution in [0.1, 0.15) is 24.7 Å². The molecule has 0 spiro atoms. The number of aromatic nitrogens is 9. The smallest absolute Gasteiger partial charge is 0.345 e. The predicted octanol–water partition coefficient (Wildman–Crippen LogP) is 4.43. The highest BCUT2D eigenvalue weighted by Crippen LogP contribution is 2.34. The van der Waals surface area contributed by atoms with Gasteiger partial charge in [0.1, 0.15) is 12.4 Å². The number of nitrogens with zero attached hydrogens (tertiary/aromatic N) is 9. The van der Waals surface area contributed by atoms with Crippen molar-refractivity contribution in [1.82, 2.24) is 39.5 Å². The first-order valence-electron chi connectivity index (χ1n) is 11.4. The maximum absolute atomic E-state index is 15.2. The second-order valence-electron chi connectivity index (χ2n) is 8.29. The van der Waals surface area contributed by atoms with Gasteiger partial charge in [0.25, 0.3) is 0 Å². The van der Waals surface area contributed by atoms with Gasteiger partial charge in [0.15, 0.2) is 12.0 Å². The van der Waals surface area contributed by atoms with Gasteiger partial charge in [0.05, 0.1) is 52.9 Å². The van der Waals surface area contributed by atoms with E-state index in [0.717, 1.165) is 12.5 Å². The number of pyridine rings is 1. The highest BCUT2D eigenvalue weighted by molar-refractivity contribution is 6.31. The summed E-state index contributed by atoms with van der Waals surface area (Å²) in [4.78, 5) is 3.73. The first kappa shape index (κ1) is 27.1. The Morgan fingerprint density at radius 2 is 1.88 bits per heavy atom. The molecule has 0 aliphatic rings. The second-order valence-corrected chi connectivity index (χ2v) is 8.69. The molecule has 0 saturated carbocycles. The molecule has 0 bridgehead atoms. The molecular weight excluding hydrogens is 565 g/mol. The summed E-state index contributed by atoms with van der Waals surface area (Å²) in [5, 5.41) is 28.1. The van der Waals surface area contributed by atoms with Gasteiger partial charge in [0, 0.05) is 24.2 Å². The number of benzene rings is 1. The lowest BCUT2D eigenvalue weighted by Gasteiger charge is -2.18. The van der Waals surface area contributed by atoms with Crippen LogP contribution >= 0.6 is 11.6 Å². The lowest BCUT2D eigenvalue weighted by Crippen LogP contribution is -2.36. The quantitative estimate of drug-likeness (QED) is 0.136. The molecule has 4 heterocycles. The minimum Gasteiger partial charge on any atom is -0.618 e. The topological polar surface area (TPSA) is 115 Å². The van der Waals surface area contributed by atoms with E-state index < -0.39 is 31.6 Å². The van der Waals surface area contributed by atoms with Gasteiger partial charge in [-0.2, -0.15) is 32.1 Å². The molecule has 11 nitrogen and oxygen atoms in total. The van der Waals surface area contributed by atoms with E-state index in [1.807, 2.05) is 0 Å². The molecule has 1 atom stereocenters. The average Bonchev–Trinajstić information content (AvgIpc) is 3.70. The van der Waals surface area contributed by atoms with Crippen molar-refractivity contribution in [2.75, 3.05) is 6.61 Å². The van der Waals surface area contributed by atoms with Crippen molar-refractivity contribution in [2.24, 2.45) is 0 Å². The Morgan fingerprint density at radius 3 is 2.58 bits per heavy atom. The van der Waals surface area contributed by atoms with Crippen LogP contribution in [0, 0.1) is 11.0 Å². The predicted molar refractivity (Wildman–Crippen MR) is 128 cm³/mol. The molecule has 208 valence electrons. The molecule has 0 radical (unpaired) electrons. The van der Waals surface area contributed by atoms with Gasteiger partial charge >= 0.3 is 13.2 Å². The summed E-state index contributed by atoms with van der Waals surface area (Å²) in [7, 11) is 0. The Morgan fingerprint density at radius 1 is 1.05 bits per heavy atom. The van der Waals surface area contributed by atoms with Crippen LogP contribution in [-0.4, -0.2) is 52.8 Å². The van der Waals surface area contributed by atoms with Crippen molar-refractivity contribution >= 4 is 11.6 Å². The molecule has 0 fully saturated rings. The molecule has 0 aliphatic heterocycles. The van der Waals surface area contributed by atoms with Gasteiger partial charge in [-0.25, -0.2) is 9.37 Å². The second kappa shape index (κ2) is 11.4. The molecule has 0 aliphatic carbocycles. The lowest BCUT2D eigenvalue weighted by molar-refractivity contribution is -0.615. The Kier molecular flexibility index (Phi) is 7.70. The van der Waals surface area contributed by atoms with Crippen LogP contribution in [0.5, 0.6) is 0 Å². The summed E-state index contributed by atoms with van der Waals surface area (Å²) in [6, 6.07) is 4.61. The maximum atomic E-state index is 15.2. The number of rotatable bonds is 10. The molecule has 0 amide bonds. The summed E-state index contributed by atoms with van der Waals surface area (Å²) < 4.78 is 75.1. The average molecular weight is 582 g/mol. The zero-order valence-electron chi connectivity index (χ0n) is 20.0. The van der Waals surface area contributed by atoms with E-state index in [9.17, 15) is 22.8 Å². The van der Waals surface area contributed by atoms with E-state index in [1.54, 1.807) is 0 Å². The van der Waals surface area contributed by atoms with Crippen molar-refractivity contribution in [3.8, 4) is 28.1 Å². The third-order valence-electron chi connectivity index (χ3n) is 5.97. The SMILES string of the molecule is [O-][n+]1cc(-c2c(-n3cnnn3)ccc(Cl)c2F)ccc1[C@H](CCOC(F)F)n1cc(-c2cncn2C(F)F)cn1. The maximum Gasteiger partial charge on any atom is 0.345 e. The van der Waals surface area contributed by atoms with E-state index in [4.69, 9.17) is 11.6 Å². The zero-order valence-corrected chi connectivity index (χ0v) is 20.8. The van der Waals surface area contributed by atoms with Crippen molar-refractivity contribution in [2.45, 2.75) is 25.6 Å². The van der Waals surface area contributed by atoms with Gasteiger partial charge in [-0.3, -0.25) is 9.25 Å². The third kappa shape index (κ3) is 5.35. The Hall–Kier alpha value is -4.44. The summed E-state index contributed by atoms with van der Waals surface area (Å²) >= 11 is 6.00. The van der Waals surface area contributed by atoms with Gasteiger partial charge in [-0.15, -0.1) is 5.10 Å². The number of alkyl halides is 4. The molecule has 40 heavy (non-hydrogen) atoms. The molecule has 5 aromatic rings. The van der Waals surface area contributed by atoms with Crippen LogP contribution in [0.15, 0.2) is 61.7 Å². The van der Waals surface area contributed by atoms with Gasteiger partial charge in [0.2, 0.25) is 5.69 Å². The molecule has 0 N–H and O–H groups in total. The van der Waals surface area contributed by atoms with E-state index in [-0.39, 0.29) is 45.2 Å². The number of hydrogen-bond donors (Lipinski definition) is 0. The minimum atomic E-state index is -3.05. The summed E-state index contributed by atoms with van der Waals surface area (Å²) in [6.07, 6.45) is 7.00.